The van der Waals surface area contributed by atoms with Gasteiger partial charge in [0.05, 0.1) is 23.0 Å². The Balaban J connectivity index is 0.0000109. The molecule has 7 nitrogen and oxygen atoms in total. The summed E-state index contributed by atoms with van der Waals surface area (Å²) in [5, 5.41) is -1.32. The van der Waals surface area contributed by atoms with Gasteiger partial charge in [0, 0.05) is 0 Å². The van der Waals surface area contributed by atoms with E-state index in [1.54, 1.807) is 12.1 Å². The zero-order valence-corrected chi connectivity index (χ0v) is 23.9. The fourth-order valence-electron chi connectivity index (χ4n) is 3.50. The Labute approximate surface area is 227 Å². The summed E-state index contributed by atoms with van der Waals surface area (Å²) >= 11 is 0. The Morgan fingerprint density at radius 3 is 1.68 bits per heavy atom. The molecule has 0 radical (unpaired) electrons. The van der Waals surface area contributed by atoms with E-state index >= 15 is 0 Å². The van der Waals surface area contributed by atoms with Crippen molar-refractivity contribution in [3.05, 3.63) is 35.4 Å². The number of carbonyl (C=O) groups excluding carboxylic acids is 2. The average Bonchev–Trinajstić information content (AvgIpc) is 2.79. The minimum atomic E-state index is -4.57. The van der Waals surface area contributed by atoms with E-state index in [0.717, 1.165) is 19.3 Å². The van der Waals surface area contributed by atoms with Gasteiger partial charge >= 0.3 is 41.5 Å². The zero-order chi connectivity index (χ0) is 24.5. The molecule has 1 aromatic carbocycles. The van der Waals surface area contributed by atoms with E-state index in [9.17, 15) is 22.6 Å². The van der Waals surface area contributed by atoms with Crippen LogP contribution >= 0.6 is 0 Å². The summed E-state index contributed by atoms with van der Waals surface area (Å²) < 4.78 is 43.8. The van der Waals surface area contributed by atoms with Crippen LogP contribution in [0.1, 0.15) is 112 Å². The maximum Gasteiger partial charge on any atom is 1.00 e. The molecular formula is C25H39NaO7S. The van der Waals surface area contributed by atoms with E-state index in [0.29, 0.717) is 0 Å². The number of esters is 2. The van der Waals surface area contributed by atoms with Crippen LogP contribution in [0.5, 0.6) is 0 Å². The van der Waals surface area contributed by atoms with Crippen LogP contribution in [0.15, 0.2) is 24.3 Å². The van der Waals surface area contributed by atoms with E-state index in [-0.39, 0.29) is 53.7 Å². The molecule has 1 rings (SSSR count). The van der Waals surface area contributed by atoms with E-state index in [1.807, 2.05) is 0 Å². The summed E-state index contributed by atoms with van der Waals surface area (Å²) in [5.41, 5.74) is 0.0446. The van der Waals surface area contributed by atoms with Crippen molar-refractivity contribution >= 4 is 22.1 Å². The third-order valence-corrected chi connectivity index (χ3v) is 6.90. The quantitative estimate of drug-likeness (QED) is 0.130. The van der Waals surface area contributed by atoms with Crippen molar-refractivity contribution in [1.82, 2.24) is 0 Å². The third-order valence-electron chi connectivity index (χ3n) is 5.61. The Hall–Kier alpha value is -0.930. The predicted molar refractivity (Wildman–Crippen MR) is 127 cm³/mol. The maximum atomic E-state index is 12.4. The van der Waals surface area contributed by atoms with Crippen molar-refractivity contribution < 1.29 is 61.6 Å². The summed E-state index contributed by atoms with van der Waals surface area (Å²) in [4.78, 5) is 24.8. The summed E-state index contributed by atoms with van der Waals surface area (Å²) in [6.45, 7) is 3.46. The molecule has 0 fully saturated rings. The first kappa shape index (κ1) is 33.1. The second-order valence-electron chi connectivity index (χ2n) is 8.34. The summed E-state index contributed by atoms with van der Waals surface area (Å²) in [5.74, 6) is -1.49. The predicted octanol–water partition coefficient (Wildman–Crippen LogP) is 2.64. The standard InChI is InChI=1S/C25H40O7S.Na/c1-3-5-6-7-8-9-10-11-12-13-16-19-31-24(26)22-17-14-15-18-23(22)25(27)32-20-21(4-2)33(28,29)30;/h14-15,17-18,21H,3-13,16,19-20H2,1-2H3,(H,28,29,30);/q;+1/p-1. The number of benzene rings is 1. The number of carbonyl (C=O) groups is 2. The van der Waals surface area contributed by atoms with Gasteiger partial charge in [0.1, 0.15) is 16.7 Å². The molecule has 0 N–H and O–H groups in total. The van der Waals surface area contributed by atoms with Crippen LogP contribution in [0.3, 0.4) is 0 Å². The molecule has 188 valence electrons. The van der Waals surface area contributed by atoms with Crippen molar-refractivity contribution in [2.75, 3.05) is 13.2 Å². The van der Waals surface area contributed by atoms with Crippen LogP contribution in [-0.4, -0.2) is 43.4 Å². The van der Waals surface area contributed by atoms with Crippen molar-refractivity contribution in [2.24, 2.45) is 0 Å². The molecule has 0 heterocycles. The number of hydrogen-bond acceptors (Lipinski definition) is 7. The van der Waals surface area contributed by atoms with Gasteiger partial charge in [-0.1, -0.05) is 90.2 Å². The van der Waals surface area contributed by atoms with Gasteiger partial charge in [-0.3, -0.25) is 0 Å². The summed E-state index contributed by atoms with van der Waals surface area (Å²) in [7, 11) is -4.57. The smallest absolute Gasteiger partial charge is 0.748 e. The van der Waals surface area contributed by atoms with Gasteiger partial charge in [0.15, 0.2) is 0 Å². The van der Waals surface area contributed by atoms with Crippen LogP contribution in [-0.2, 0) is 19.6 Å². The molecule has 0 aliphatic heterocycles. The van der Waals surface area contributed by atoms with E-state index in [1.165, 1.54) is 70.4 Å². The third kappa shape index (κ3) is 13.8. The van der Waals surface area contributed by atoms with Gasteiger partial charge in [-0.15, -0.1) is 0 Å². The first-order valence-corrected chi connectivity index (χ1v) is 13.7. The molecule has 1 aromatic rings. The van der Waals surface area contributed by atoms with Gasteiger partial charge in [0.2, 0.25) is 0 Å². The molecule has 0 saturated heterocycles. The Bertz CT molecular complexity index is 811. The van der Waals surface area contributed by atoms with Crippen molar-refractivity contribution in [1.29, 1.82) is 0 Å². The molecule has 0 amide bonds. The van der Waals surface area contributed by atoms with E-state index < -0.39 is 33.9 Å². The Morgan fingerprint density at radius 1 is 0.794 bits per heavy atom. The largest absolute Gasteiger partial charge is 1.00 e. The fourth-order valence-corrected chi connectivity index (χ4v) is 4.14. The molecular weight excluding hydrogens is 467 g/mol. The van der Waals surface area contributed by atoms with Crippen molar-refractivity contribution in [3.8, 4) is 0 Å². The van der Waals surface area contributed by atoms with Gasteiger partial charge in [0.25, 0.3) is 0 Å². The second kappa shape index (κ2) is 19.3. The van der Waals surface area contributed by atoms with Crippen LogP contribution in [0, 0.1) is 0 Å². The fraction of sp³-hybridized carbons (Fsp3) is 0.680. The molecule has 0 aliphatic rings. The van der Waals surface area contributed by atoms with Gasteiger partial charge in [-0.25, -0.2) is 18.0 Å². The molecule has 1 unspecified atom stereocenters. The first-order chi connectivity index (χ1) is 15.8. The average molecular weight is 507 g/mol. The first-order valence-electron chi connectivity index (χ1n) is 12.2. The van der Waals surface area contributed by atoms with Crippen molar-refractivity contribution in [3.63, 3.8) is 0 Å². The number of ether oxygens (including phenoxy) is 2. The topological polar surface area (TPSA) is 110 Å². The van der Waals surface area contributed by atoms with Crippen LogP contribution in [0.4, 0.5) is 0 Å². The molecule has 1 atom stereocenters. The minimum Gasteiger partial charge on any atom is -0.748 e. The molecule has 0 saturated carbocycles. The van der Waals surface area contributed by atoms with Gasteiger partial charge in [-0.2, -0.15) is 0 Å². The molecule has 0 aromatic heterocycles. The number of hydrogen-bond donors (Lipinski definition) is 0. The van der Waals surface area contributed by atoms with Crippen LogP contribution < -0.4 is 29.6 Å². The molecule has 0 spiro atoms. The zero-order valence-electron chi connectivity index (χ0n) is 21.1. The van der Waals surface area contributed by atoms with Crippen LogP contribution in [0.25, 0.3) is 0 Å². The number of unbranched alkanes of at least 4 members (excludes halogenated alkanes) is 10. The van der Waals surface area contributed by atoms with Gasteiger partial charge < -0.3 is 14.0 Å². The van der Waals surface area contributed by atoms with Crippen LogP contribution in [0.2, 0.25) is 0 Å². The summed E-state index contributed by atoms with van der Waals surface area (Å²) in [6.07, 6.45) is 13.2. The molecule has 0 aliphatic carbocycles. The monoisotopic (exact) mass is 506 g/mol. The van der Waals surface area contributed by atoms with Gasteiger partial charge in [-0.05, 0) is 25.0 Å². The second-order valence-corrected chi connectivity index (χ2v) is 9.99. The Kier molecular flexibility index (Phi) is 18.8. The molecule has 0 bridgehead atoms. The van der Waals surface area contributed by atoms with E-state index in [2.05, 4.69) is 6.92 Å². The molecule has 34 heavy (non-hydrogen) atoms. The summed E-state index contributed by atoms with van der Waals surface area (Å²) in [6, 6.07) is 6.04. The number of rotatable bonds is 18. The maximum absolute atomic E-state index is 12.4. The van der Waals surface area contributed by atoms with E-state index in [4.69, 9.17) is 9.47 Å². The van der Waals surface area contributed by atoms with Crippen molar-refractivity contribution in [2.45, 2.75) is 96.1 Å². The normalized spacial score (nSPS) is 12.0. The molecule has 9 heteroatoms. The minimum absolute atomic E-state index is 0. The SMILES string of the molecule is CCCCCCCCCCCCCOC(=O)c1ccccc1C(=O)OCC(CC)S(=O)(=O)[O-].[Na+]. The Morgan fingerprint density at radius 2 is 1.24 bits per heavy atom.